The summed E-state index contributed by atoms with van der Waals surface area (Å²) in [6.07, 6.45) is 2.76. The summed E-state index contributed by atoms with van der Waals surface area (Å²) in [5.74, 6) is 0. The van der Waals surface area contributed by atoms with Gasteiger partial charge in [-0.05, 0) is 23.6 Å². The normalized spacial score (nSPS) is 9.87. The molecule has 0 saturated heterocycles. The van der Waals surface area contributed by atoms with Crippen molar-refractivity contribution in [1.82, 2.24) is 0 Å². The van der Waals surface area contributed by atoms with E-state index in [1.54, 1.807) is 6.07 Å². The van der Waals surface area contributed by atoms with Gasteiger partial charge in [-0.1, -0.05) is 48.5 Å². The summed E-state index contributed by atoms with van der Waals surface area (Å²) >= 11 is 0. The third-order valence-electron chi connectivity index (χ3n) is 2.30. The maximum Gasteiger partial charge on any atom is 0.233 e. The van der Waals surface area contributed by atoms with Gasteiger partial charge in [0.25, 0.3) is 0 Å². The summed E-state index contributed by atoms with van der Waals surface area (Å²) < 4.78 is 0. The lowest BCUT2D eigenvalue weighted by molar-refractivity contribution is 0.562. The molecule has 73 valence electrons. The minimum absolute atomic E-state index is 0.614. The lowest BCUT2D eigenvalue weighted by Gasteiger charge is -2.01. The van der Waals surface area contributed by atoms with E-state index in [9.17, 15) is 4.79 Å². The van der Waals surface area contributed by atoms with Crippen LogP contribution in [0.4, 0.5) is 0 Å². The summed E-state index contributed by atoms with van der Waals surface area (Å²) in [4.78, 5) is 10.5. The van der Waals surface area contributed by atoms with Gasteiger partial charge in [0, 0.05) is 5.56 Å². The molecule has 0 spiro atoms. The van der Waals surface area contributed by atoms with Gasteiger partial charge >= 0.3 is 0 Å². The standard InChI is InChI=1S/C14H11O/c15-11-14-8-4-7-13(10-14)9-12-5-2-1-3-6-12/h1-8,10H,9H2. The van der Waals surface area contributed by atoms with Crippen LogP contribution in [0.25, 0.3) is 0 Å². The molecule has 0 aliphatic carbocycles. The van der Waals surface area contributed by atoms with E-state index in [-0.39, 0.29) is 0 Å². The topological polar surface area (TPSA) is 17.1 Å². The molecule has 0 fully saturated rings. The molecule has 15 heavy (non-hydrogen) atoms. The van der Waals surface area contributed by atoms with Crippen LogP contribution in [-0.2, 0) is 11.2 Å². The summed E-state index contributed by atoms with van der Waals surface area (Å²) in [5, 5.41) is 0. The van der Waals surface area contributed by atoms with Gasteiger partial charge < -0.3 is 0 Å². The fourth-order valence-electron chi connectivity index (χ4n) is 1.58. The maximum absolute atomic E-state index is 10.5. The smallest absolute Gasteiger partial charge is 0.233 e. The van der Waals surface area contributed by atoms with E-state index >= 15 is 0 Å². The van der Waals surface area contributed by atoms with E-state index in [1.165, 1.54) is 5.56 Å². The number of hydrogen-bond acceptors (Lipinski definition) is 1. The van der Waals surface area contributed by atoms with E-state index in [1.807, 2.05) is 42.7 Å². The van der Waals surface area contributed by atoms with Crippen LogP contribution in [0.2, 0.25) is 0 Å². The first-order chi connectivity index (χ1) is 7.38. The Bertz CT molecular complexity index is 446. The van der Waals surface area contributed by atoms with Crippen LogP contribution in [-0.4, -0.2) is 6.29 Å². The van der Waals surface area contributed by atoms with Crippen molar-refractivity contribution in [2.45, 2.75) is 6.42 Å². The molecule has 0 heterocycles. The van der Waals surface area contributed by atoms with Crippen LogP contribution in [0.3, 0.4) is 0 Å². The van der Waals surface area contributed by atoms with Crippen LogP contribution in [0.15, 0.2) is 54.6 Å². The van der Waals surface area contributed by atoms with Crippen molar-refractivity contribution in [2.75, 3.05) is 0 Å². The Morgan fingerprint density at radius 1 is 0.867 bits per heavy atom. The molecule has 2 rings (SSSR count). The quantitative estimate of drug-likeness (QED) is 0.736. The average Bonchev–Trinajstić information content (AvgIpc) is 2.31. The van der Waals surface area contributed by atoms with Gasteiger partial charge in [0.15, 0.2) is 0 Å². The van der Waals surface area contributed by atoms with Crippen molar-refractivity contribution >= 4 is 6.29 Å². The first-order valence-electron chi connectivity index (χ1n) is 4.89. The Morgan fingerprint density at radius 2 is 1.60 bits per heavy atom. The van der Waals surface area contributed by atoms with Crippen LogP contribution in [0.5, 0.6) is 0 Å². The first-order valence-corrected chi connectivity index (χ1v) is 4.89. The van der Waals surface area contributed by atoms with Crippen molar-refractivity contribution in [3.63, 3.8) is 0 Å². The van der Waals surface area contributed by atoms with Gasteiger partial charge in [-0.15, -0.1) is 0 Å². The van der Waals surface area contributed by atoms with E-state index in [0.717, 1.165) is 12.0 Å². The lowest BCUT2D eigenvalue weighted by atomic mass is 10.0. The second-order valence-electron chi connectivity index (χ2n) is 3.46. The molecular formula is C14H11O. The van der Waals surface area contributed by atoms with Crippen molar-refractivity contribution < 1.29 is 4.79 Å². The van der Waals surface area contributed by atoms with Crippen LogP contribution >= 0.6 is 0 Å². The van der Waals surface area contributed by atoms with Crippen LogP contribution < -0.4 is 0 Å². The predicted octanol–water partition coefficient (Wildman–Crippen LogP) is 2.74. The minimum Gasteiger partial charge on any atom is -0.285 e. The third kappa shape index (κ3) is 2.53. The molecular weight excluding hydrogens is 184 g/mol. The molecule has 2 aromatic rings. The summed E-state index contributed by atoms with van der Waals surface area (Å²) in [5.41, 5.74) is 3.01. The van der Waals surface area contributed by atoms with Gasteiger partial charge in [0.2, 0.25) is 6.29 Å². The van der Waals surface area contributed by atoms with Gasteiger partial charge in [-0.2, -0.15) is 0 Å². The molecule has 0 aromatic heterocycles. The summed E-state index contributed by atoms with van der Waals surface area (Å²) in [6.45, 7) is 0. The van der Waals surface area contributed by atoms with Crippen molar-refractivity contribution in [2.24, 2.45) is 0 Å². The Labute approximate surface area is 89.4 Å². The molecule has 0 atom stereocenters. The molecule has 0 saturated carbocycles. The van der Waals surface area contributed by atoms with Crippen LogP contribution in [0.1, 0.15) is 16.7 Å². The van der Waals surface area contributed by atoms with E-state index < -0.39 is 0 Å². The average molecular weight is 195 g/mol. The number of hydrogen-bond donors (Lipinski definition) is 0. The van der Waals surface area contributed by atoms with Gasteiger partial charge in [0.1, 0.15) is 0 Å². The van der Waals surface area contributed by atoms with E-state index in [4.69, 9.17) is 0 Å². The highest BCUT2D eigenvalue weighted by Gasteiger charge is 1.97. The molecule has 0 N–H and O–H groups in total. The van der Waals surface area contributed by atoms with Gasteiger partial charge in [-0.25, -0.2) is 0 Å². The predicted molar refractivity (Wildman–Crippen MR) is 60.5 cm³/mol. The number of benzene rings is 2. The second-order valence-corrected chi connectivity index (χ2v) is 3.46. The Hall–Kier alpha value is -1.89. The molecule has 0 aliphatic heterocycles. The van der Waals surface area contributed by atoms with Crippen molar-refractivity contribution in [3.8, 4) is 0 Å². The highest BCUT2D eigenvalue weighted by Crippen LogP contribution is 2.10. The minimum atomic E-state index is 0.614. The second kappa shape index (κ2) is 4.56. The molecule has 0 unspecified atom stereocenters. The number of carbonyl (C=O) groups excluding carboxylic acids is 1. The zero-order valence-electron chi connectivity index (χ0n) is 8.31. The molecule has 0 aliphatic rings. The fourth-order valence-corrected chi connectivity index (χ4v) is 1.58. The Morgan fingerprint density at radius 3 is 2.33 bits per heavy atom. The highest BCUT2D eigenvalue weighted by atomic mass is 16.1. The summed E-state index contributed by atoms with van der Waals surface area (Å²) in [7, 11) is 0. The van der Waals surface area contributed by atoms with Gasteiger partial charge in [0.05, 0.1) is 0 Å². The molecule has 2 aromatic carbocycles. The summed E-state index contributed by atoms with van der Waals surface area (Å²) in [6, 6.07) is 17.7. The largest absolute Gasteiger partial charge is 0.285 e. The molecule has 1 heteroatoms. The Kier molecular flexibility index (Phi) is 2.93. The zero-order chi connectivity index (χ0) is 10.5. The van der Waals surface area contributed by atoms with Gasteiger partial charge in [-0.3, -0.25) is 4.79 Å². The van der Waals surface area contributed by atoms with Crippen molar-refractivity contribution in [3.05, 3.63) is 71.3 Å². The monoisotopic (exact) mass is 195 g/mol. The SMILES string of the molecule is O=[C]c1cccc(Cc2ccccc2)c1. The van der Waals surface area contributed by atoms with E-state index in [2.05, 4.69) is 12.1 Å². The zero-order valence-corrected chi connectivity index (χ0v) is 8.31. The highest BCUT2D eigenvalue weighted by molar-refractivity contribution is 5.75. The molecule has 0 bridgehead atoms. The maximum atomic E-state index is 10.5. The first kappa shape index (κ1) is 9.66. The van der Waals surface area contributed by atoms with Crippen LogP contribution in [0, 0.1) is 0 Å². The Balaban J connectivity index is 2.21. The van der Waals surface area contributed by atoms with Crippen molar-refractivity contribution in [1.29, 1.82) is 0 Å². The molecule has 1 radical (unpaired) electrons. The molecule has 0 amide bonds. The lowest BCUT2D eigenvalue weighted by Crippen LogP contribution is -1.89. The molecule has 1 nitrogen and oxygen atoms in total. The third-order valence-corrected chi connectivity index (χ3v) is 2.30. The van der Waals surface area contributed by atoms with E-state index in [0.29, 0.717) is 5.56 Å². The number of rotatable bonds is 3. The fraction of sp³-hybridized carbons (Fsp3) is 0.0714.